The lowest BCUT2D eigenvalue weighted by Gasteiger charge is -2.23. The van der Waals surface area contributed by atoms with Crippen molar-refractivity contribution in [3.8, 4) is 12.3 Å². The van der Waals surface area contributed by atoms with E-state index in [9.17, 15) is 9.90 Å². The number of aromatic amines is 1. The molecule has 4 rings (SSSR count). The van der Waals surface area contributed by atoms with Crippen LogP contribution in [0.1, 0.15) is 16.8 Å². The fraction of sp³-hybridized carbons (Fsp3) is 0.150. The van der Waals surface area contributed by atoms with Gasteiger partial charge in [-0.3, -0.25) is 9.69 Å². The van der Waals surface area contributed by atoms with Gasteiger partial charge in [0.05, 0.1) is 12.2 Å². The number of nitrogens with one attached hydrogen (secondary N) is 1. The molecule has 0 saturated heterocycles. The van der Waals surface area contributed by atoms with Gasteiger partial charge in [0.2, 0.25) is 0 Å². The summed E-state index contributed by atoms with van der Waals surface area (Å²) in [4.78, 5) is 18.0. The van der Waals surface area contributed by atoms with Gasteiger partial charge >= 0.3 is 0 Å². The normalized spacial score (nSPS) is 19.3. The van der Waals surface area contributed by atoms with Crippen LogP contribution >= 0.6 is 15.9 Å². The van der Waals surface area contributed by atoms with Crippen molar-refractivity contribution in [2.45, 2.75) is 12.5 Å². The van der Waals surface area contributed by atoms with E-state index in [1.807, 2.05) is 37.3 Å². The van der Waals surface area contributed by atoms with Crippen LogP contribution in [0.2, 0.25) is 0 Å². The zero-order valence-electron chi connectivity index (χ0n) is 13.5. The Morgan fingerprint density at radius 1 is 1.32 bits per heavy atom. The third-order valence-corrected chi connectivity index (χ3v) is 5.19. The van der Waals surface area contributed by atoms with Crippen molar-refractivity contribution in [1.29, 1.82) is 0 Å². The lowest BCUT2D eigenvalue weighted by Crippen LogP contribution is -2.41. The first-order valence-electron chi connectivity index (χ1n) is 7.84. The van der Waals surface area contributed by atoms with Crippen molar-refractivity contribution < 1.29 is 9.90 Å². The molecule has 2 heterocycles. The minimum Gasteiger partial charge on any atom is -0.372 e. The molecular weight excluding hydrogens is 380 g/mol. The summed E-state index contributed by atoms with van der Waals surface area (Å²) >= 11 is 3.44. The molecule has 25 heavy (non-hydrogen) atoms. The first kappa shape index (κ1) is 15.9. The number of halogens is 1. The summed E-state index contributed by atoms with van der Waals surface area (Å²) in [6.07, 6.45) is 5.44. The quantitative estimate of drug-likeness (QED) is 0.653. The minimum atomic E-state index is -1.78. The van der Waals surface area contributed by atoms with Crippen LogP contribution in [0.5, 0.6) is 0 Å². The third-order valence-electron chi connectivity index (χ3n) is 4.70. The van der Waals surface area contributed by atoms with Crippen LogP contribution in [0, 0.1) is 19.3 Å². The van der Waals surface area contributed by atoms with E-state index in [-0.39, 0.29) is 6.54 Å². The number of benzene rings is 2. The fourth-order valence-electron chi connectivity index (χ4n) is 3.69. The molecule has 0 bridgehead atoms. The molecule has 2 N–H and O–H groups in total. The van der Waals surface area contributed by atoms with Crippen LogP contribution in [0.15, 0.2) is 46.9 Å². The molecule has 0 radical (unpaired) electrons. The second-order valence-corrected chi connectivity index (χ2v) is 7.05. The molecule has 2 aromatic carbocycles. The summed E-state index contributed by atoms with van der Waals surface area (Å²) in [5.74, 6) is 2.08. The molecule has 5 heteroatoms. The monoisotopic (exact) mass is 394 g/mol. The van der Waals surface area contributed by atoms with Gasteiger partial charge in [0.25, 0.3) is 5.91 Å². The number of aromatic nitrogens is 1. The van der Waals surface area contributed by atoms with Gasteiger partial charge in [-0.2, -0.15) is 0 Å². The maximum atomic E-state index is 13.2. The second kappa shape index (κ2) is 5.48. The van der Waals surface area contributed by atoms with Crippen molar-refractivity contribution in [1.82, 2.24) is 4.98 Å². The molecule has 1 unspecified atom stereocenters. The summed E-state index contributed by atoms with van der Waals surface area (Å²) in [6, 6.07) is 13.1. The fourth-order valence-corrected chi connectivity index (χ4v) is 4.05. The van der Waals surface area contributed by atoms with Crippen molar-refractivity contribution in [2.75, 3.05) is 11.4 Å². The van der Waals surface area contributed by atoms with Crippen LogP contribution < -0.4 is 4.90 Å². The van der Waals surface area contributed by atoms with Gasteiger partial charge in [-0.25, -0.2) is 0 Å². The predicted octanol–water partition coefficient (Wildman–Crippen LogP) is 3.45. The average molecular weight is 395 g/mol. The Morgan fingerprint density at radius 2 is 2.08 bits per heavy atom. The average Bonchev–Trinajstić information content (AvgIpc) is 3.03. The largest absolute Gasteiger partial charge is 0.372 e. The summed E-state index contributed by atoms with van der Waals surface area (Å²) in [6.45, 7) is 1.97. The number of anilines is 1. The van der Waals surface area contributed by atoms with Crippen molar-refractivity contribution in [2.24, 2.45) is 0 Å². The third kappa shape index (κ3) is 2.08. The van der Waals surface area contributed by atoms with Gasteiger partial charge in [0.1, 0.15) is 0 Å². The summed E-state index contributed by atoms with van der Waals surface area (Å²) < 4.78 is 0.789. The lowest BCUT2D eigenvalue weighted by molar-refractivity contribution is -0.132. The maximum absolute atomic E-state index is 13.2. The number of para-hydroxylation sites is 1. The Bertz CT molecular complexity index is 1060. The molecule has 1 amide bonds. The highest BCUT2D eigenvalue weighted by Gasteiger charge is 2.52. The summed E-state index contributed by atoms with van der Waals surface area (Å²) in [5.41, 5.74) is 1.61. The van der Waals surface area contributed by atoms with E-state index in [4.69, 9.17) is 6.42 Å². The number of aryl methyl sites for hydroxylation is 1. The van der Waals surface area contributed by atoms with E-state index < -0.39 is 11.5 Å². The number of nitrogens with zero attached hydrogens (tertiary/aromatic N) is 1. The zero-order chi connectivity index (χ0) is 17.8. The summed E-state index contributed by atoms with van der Waals surface area (Å²) in [7, 11) is 0. The second-order valence-electron chi connectivity index (χ2n) is 6.14. The van der Waals surface area contributed by atoms with Gasteiger partial charge in [-0.1, -0.05) is 40.0 Å². The van der Waals surface area contributed by atoms with Crippen LogP contribution in [0.3, 0.4) is 0 Å². The zero-order valence-corrected chi connectivity index (χ0v) is 15.1. The number of rotatable bonds is 2. The lowest BCUT2D eigenvalue weighted by atomic mass is 9.85. The number of hydrogen-bond acceptors (Lipinski definition) is 2. The molecule has 0 aliphatic carbocycles. The van der Waals surface area contributed by atoms with E-state index in [2.05, 4.69) is 26.8 Å². The molecule has 1 aliphatic heterocycles. The Kier molecular flexibility index (Phi) is 3.50. The standard InChI is InChI=1S/C20H15BrN2O2/c1-3-10-23-17-9-8-13(21)11-15(17)20(25,19(23)24)18-12(2)22-16-7-5-4-6-14(16)18/h1,4-9,11,22,25H,10H2,2H3. The molecule has 1 aliphatic rings. The molecule has 124 valence electrons. The van der Waals surface area contributed by atoms with E-state index in [0.717, 1.165) is 21.1 Å². The molecule has 1 atom stereocenters. The van der Waals surface area contributed by atoms with Crippen molar-refractivity contribution in [3.05, 3.63) is 63.8 Å². The molecule has 0 spiro atoms. The highest BCUT2D eigenvalue weighted by Crippen LogP contribution is 2.48. The predicted molar refractivity (Wildman–Crippen MR) is 101 cm³/mol. The smallest absolute Gasteiger partial charge is 0.269 e. The number of H-pyrrole nitrogens is 1. The highest BCUT2D eigenvalue weighted by atomic mass is 79.9. The van der Waals surface area contributed by atoms with Gasteiger partial charge in [-0.05, 0) is 31.2 Å². The van der Waals surface area contributed by atoms with E-state index in [0.29, 0.717) is 16.8 Å². The van der Waals surface area contributed by atoms with E-state index >= 15 is 0 Å². The number of carbonyl (C=O) groups excluding carboxylic acids is 1. The van der Waals surface area contributed by atoms with Crippen LogP contribution in [0.25, 0.3) is 10.9 Å². The molecular formula is C20H15BrN2O2. The van der Waals surface area contributed by atoms with Gasteiger partial charge in [0.15, 0.2) is 5.60 Å². The first-order valence-corrected chi connectivity index (χ1v) is 8.63. The number of hydrogen-bond donors (Lipinski definition) is 2. The van der Waals surface area contributed by atoms with Crippen LogP contribution in [-0.2, 0) is 10.4 Å². The van der Waals surface area contributed by atoms with Gasteiger partial charge < -0.3 is 10.1 Å². The topological polar surface area (TPSA) is 56.3 Å². The minimum absolute atomic E-state index is 0.108. The van der Waals surface area contributed by atoms with Crippen LogP contribution in [0.4, 0.5) is 5.69 Å². The number of aliphatic hydroxyl groups is 1. The Labute approximate surface area is 153 Å². The Balaban J connectivity index is 2.06. The van der Waals surface area contributed by atoms with Gasteiger partial charge in [-0.15, -0.1) is 6.42 Å². The molecule has 0 saturated carbocycles. The molecule has 0 fully saturated rings. The number of carbonyl (C=O) groups is 1. The Hall–Kier alpha value is -2.55. The maximum Gasteiger partial charge on any atom is 0.269 e. The summed E-state index contributed by atoms with van der Waals surface area (Å²) in [5, 5.41) is 12.5. The Morgan fingerprint density at radius 3 is 2.84 bits per heavy atom. The van der Waals surface area contributed by atoms with Gasteiger partial charge in [0, 0.05) is 32.2 Å². The first-order chi connectivity index (χ1) is 12.0. The van der Waals surface area contributed by atoms with Crippen molar-refractivity contribution >= 4 is 38.4 Å². The van der Waals surface area contributed by atoms with E-state index in [1.54, 1.807) is 12.1 Å². The highest BCUT2D eigenvalue weighted by molar-refractivity contribution is 9.10. The molecule has 1 aromatic heterocycles. The van der Waals surface area contributed by atoms with E-state index in [1.165, 1.54) is 4.90 Å². The number of terminal acetylenes is 1. The SMILES string of the molecule is C#CCN1C(=O)C(O)(c2c(C)[nH]c3ccccc23)c2cc(Br)ccc21. The number of amides is 1. The van der Waals surface area contributed by atoms with Crippen LogP contribution in [-0.4, -0.2) is 22.5 Å². The number of fused-ring (bicyclic) bond motifs is 2. The molecule has 4 nitrogen and oxygen atoms in total. The molecule has 3 aromatic rings. The van der Waals surface area contributed by atoms with Crippen molar-refractivity contribution in [3.63, 3.8) is 0 Å².